The van der Waals surface area contributed by atoms with E-state index in [0.29, 0.717) is 23.0 Å². The topological polar surface area (TPSA) is 93.1 Å². The number of hydrogen-bond donors (Lipinski definition) is 0. The van der Waals surface area contributed by atoms with Crippen LogP contribution in [0, 0.1) is 5.41 Å². The van der Waals surface area contributed by atoms with Gasteiger partial charge in [0.05, 0.1) is 11.2 Å². The van der Waals surface area contributed by atoms with Crippen LogP contribution in [0.1, 0.15) is 12.8 Å². The molecule has 0 atom stereocenters. The molecular weight excluding hydrogens is 336 g/mol. The van der Waals surface area contributed by atoms with Gasteiger partial charge in [-0.15, -0.1) is 10.2 Å². The molecule has 1 aliphatic rings. The summed E-state index contributed by atoms with van der Waals surface area (Å²) in [5, 5.41) is 9.25. The number of carbonyl (C=O) groups is 1. The van der Waals surface area contributed by atoms with Crippen molar-refractivity contribution in [1.29, 1.82) is 0 Å². The Morgan fingerprint density at radius 1 is 1.39 bits per heavy atom. The number of nitrogens with zero attached hydrogens (tertiary/aromatic N) is 4. The van der Waals surface area contributed by atoms with Crippen molar-refractivity contribution in [1.82, 2.24) is 15.2 Å². The minimum atomic E-state index is -3.21. The maximum atomic E-state index is 12.6. The average Bonchev–Trinajstić information content (AvgIpc) is 3.10. The molecule has 0 aromatic carbocycles. The number of amides is 1. The number of sulfone groups is 1. The van der Waals surface area contributed by atoms with Crippen molar-refractivity contribution in [3.8, 4) is 10.6 Å². The number of pyridine rings is 1. The standard InChI is InChI=1S/C14H16N4O3S2/c1-18(12(19)14(5-6-14)9-23(2,20)21)13-17-16-11(22-13)10-4-3-7-15-8-10/h3-4,7-8H,5-6,9H2,1-2H3. The van der Waals surface area contributed by atoms with E-state index in [1.807, 2.05) is 6.07 Å². The quantitative estimate of drug-likeness (QED) is 0.807. The molecule has 23 heavy (non-hydrogen) atoms. The molecule has 2 heterocycles. The largest absolute Gasteiger partial charge is 0.289 e. The van der Waals surface area contributed by atoms with Gasteiger partial charge in [-0.3, -0.25) is 14.7 Å². The van der Waals surface area contributed by atoms with E-state index in [1.54, 1.807) is 25.5 Å². The molecular formula is C14H16N4O3S2. The summed E-state index contributed by atoms with van der Waals surface area (Å²) in [5.74, 6) is -0.325. The molecule has 1 aliphatic carbocycles. The smallest absolute Gasteiger partial charge is 0.235 e. The molecule has 0 saturated heterocycles. The molecule has 3 rings (SSSR count). The summed E-state index contributed by atoms with van der Waals surface area (Å²) in [6.45, 7) is 0. The molecule has 1 saturated carbocycles. The van der Waals surface area contributed by atoms with Crippen molar-refractivity contribution in [2.45, 2.75) is 12.8 Å². The van der Waals surface area contributed by atoms with Gasteiger partial charge in [0.2, 0.25) is 11.0 Å². The highest BCUT2D eigenvalue weighted by molar-refractivity contribution is 7.90. The highest BCUT2D eigenvalue weighted by atomic mass is 32.2. The van der Waals surface area contributed by atoms with Gasteiger partial charge in [0.25, 0.3) is 0 Å². The fourth-order valence-corrected chi connectivity index (χ4v) is 4.68. The molecule has 1 amide bonds. The summed E-state index contributed by atoms with van der Waals surface area (Å²) in [6.07, 6.45) is 5.70. The third-order valence-corrected chi connectivity index (χ3v) is 5.89. The van der Waals surface area contributed by atoms with Crippen LogP contribution in [0.2, 0.25) is 0 Å². The van der Waals surface area contributed by atoms with E-state index in [9.17, 15) is 13.2 Å². The Labute approximate surface area is 138 Å². The van der Waals surface area contributed by atoms with Crippen LogP contribution >= 0.6 is 11.3 Å². The van der Waals surface area contributed by atoms with E-state index in [2.05, 4.69) is 15.2 Å². The fraction of sp³-hybridized carbons (Fsp3) is 0.429. The highest BCUT2D eigenvalue weighted by Gasteiger charge is 2.53. The van der Waals surface area contributed by atoms with Crippen LogP contribution in [0.4, 0.5) is 5.13 Å². The number of aromatic nitrogens is 3. The van der Waals surface area contributed by atoms with Gasteiger partial charge in [-0.1, -0.05) is 11.3 Å². The fourth-order valence-electron chi connectivity index (χ4n) is 2.47. The summed E-state index contributed by atoms with van der Waals surface area (Å²) in [7, 11) is -1.60. The second kappa shape index (κ2) is 5.64. The molecule has 0 radical (unpaired) electrons. The van der Waals surface area contributed by atoms with Crippen LogP contribution < -0.4 is 4.90 Å². The Balaban J connectivity index is 1.80. The van der Waals surface area contributed by atoms with Gasteiger partial charge >= 0.3 is 0 Å². The van der Waals surface area contributed by atoms with Gasteiger partial charge in [0.1, 0.15) is 9.84 Å². The lowest BCUT2D eigenvalue weighted by Gasteiger charge is -2.20. The first-order chi connectivity index (χ1) is 10.8. The Bertz CT molecular complexity index is 829. The molecule has 0 aliphatic heterocycles. The van der Waals surface area contributed by atoms with Crippen molar-refractivity contribution in [2.24, 2.45) is 5.41 Å². The average molecular weight is 352 g/mol. The molecule has 122 valence electrons. The minimum absolute atomic E-state index is 0.114. The lowest BCUT2D eigenvalue weighted by molar-refractivity contribution is -0.122. The Morgan fingerprint density at radius 3 is 2.70 bits per heavy atom. The second-order valence-corrected chi connectivity index (χ2v) is 8.94. The molecule has 0 bridgehead atoms. The lowest BCUT2D eigenvalue weighted by atomic mass is 10.1. The summed E-state index contributed by atoms with van der Waals surface area (Å²) in [6, 6.07) is 3.67. The maximum absolute atomic E-state index is 12.6. The molecule has 2 aromatic rings. The molecule has 0 unspecified atom stereocenters. The van der Waals surface area contributed by atoms with Gasteiger partial charge in [-0.2, -0.15) is 0 Å². The summed E-state index contributed by atoms with van der Waals surface area (Å²) < 4.78 is 23.1. The van der Waals surface area contributed by atoms with E-state index in [1.165, 1.54) is 16.2 Å². The van der Waals surface area contributed by atoms with Crippen LogP contribution in [0.15, 0.2) is 24.5 Å². The second-order valence-electron chi connectivity index (χ2n) is 5.85. The van der Waals surface area contributed by atoms with E-state index < -0.39 is 15.3 Å². The summed E-state index contributed by atoms with van der Waals surface area (Å²) in [4.78, 5) is 18.1. The van der Waals surface area contributed by atoms with Gasteiger partial charge < -0.3 is 0 Å². The van der Waals surface area contributed by atoms with Crippen molar-refractivity contribution in [2.75, 3.05) is 24.0 Å². The van der Waals surface area contributed by atoms with Crippen molar-refractivity contribution >= 4 is 32.2 Å². The SMILES string of the molecule is CN(C(=O)C1(CS(C)(=O)=O)CC1)c1nnc(-c2cccnc2)s1. The van der Waals surface area contributed by atoms with Crippen molar-refractivity contribution in [3.05, 3.63) is 24.5 Å². The third-order valence-electron chi connectivity index (χ3n) is 3.76. The number of rotatable bonds is 5. The first kappa shape index (κ1) is 16.0. The van der Waals surface area contributed by atoms with Gasteiger partial charge in [-0.25, -0.2) is 8.42 Å². The molecule has 0 N–H and O–H groups in total. The van der Waals surface area contributed by atoms with Crippen LogP contribution in [-0.4, -0.2) is 48.6 Å². The highest BCUT2D eigenvalue weighted by Crippen LogP contribution is 2.48. The van der Waals surface area contributed by atoms with Crippen molar-refractivity contribution in [3.63, 3.8) is 0 Å². The number of carbonyl (C=O) groups excluding carboxylic acids is 1. The summed E-state index contributed by atoms with van der Waals surface area (Å²) in [5.41, 5.74) is 0.0389. The zero-order valence-electron chi connectivity index (χ0n) is 12.8. The monoisotopic (exact) mass is 352 g/mol. The van der Waals surface area contributed by atoms with Crippen LogP contribution in [0.3, 0.4) is 0 Å². The minimum Gasteiger partial charge on any atom is -0.289 e. The molecule has 2 aromatic heterocycles. The van der Waals surface area contributed by atoms with E-state index in [-0.39, 0.29) is 11.7 Å². The zero-order chi connectivity index (χ0) is 16.7. The third kappa shape index (κ3) is 3.40. The summed E-state index contributed by atoms with van der Waals surface area (Å²) >= 11 is 1.28. The van der Waals surface area contributed by atoms with E-state index in [0.717, 1.165) is 11.8 Å². The predicted molar refractivity (Wildman–Crippen MR) is 87.9 cm³/mol. The lowest BCUT2D eigenvalue weighted by Crippen LogP contribution is -2.37. The van der Waals surface area contributed by atoms with Crippen LogP contribution in [0.25, 0.3) is 10.6 Å². The van der Waals surface area contributed by atoms with Crippen LogP contribution in [-0.2, 0) is 14.6 Å². The maximum Gasteiger partial charge on any atom is 0.235 e. The Hall–Kier alpha value is -1.87. The Kier molecular flexibility index (Phi) is 3.93. The first-order valence-electron chi connectivity index (χ1n) is 7.01. The van der Waals surface area contributed by atoms with Crippen molar-refractivity contribution < 1.29 is 13.2 Å². The van der Waals surface area contributed by atoms with E-state index in [4.69, 9.17) is 0 Å². The predicted octanol–water partition coefficient (Wildman–Crippen LogP) is 1.39. The molecule has 1 fully saturated rings. The number of hydrogen-bond acceptors (Lipinski definition) is 7. The molecule has 9 heteroatoms. The number of anilines is 1. The normalized spacial score (nSPS) is 16.1. The van der Waals surface area contributed by atoms with Gasteiger partial charge in [0.15, 0.2) is 5.01 Å². The molecule has 0 spiro atoms. The first-order valence-corrected chi connectivity index (χ1v) is 9.88. The Morgan fingerprint density at radius 2 is 2.13 bits per heavy atom. The molecule has 7 nitrogen and oxygen atoms in total. The zero-order valence-corrected chi connectivity index (χ0v) is 14.4. The van der Waals surface area contributed by atoms with Gasteiger partial charge in [0, 0.05) is 31.3 Å². The van der Waals surface area contributed by atoms with Crippen LogP contribution in [0.5, 0.6) is 0 Å². The van der Waals surface area contributed by atoms with E-state index >= 15 is 0 Å². The van der Waals surface area contributed by atoms with Gasteiger partial charge in [-0.05, 0) is 25.0 Å².